The van der Waals surface area contributed by atoms with E-state index >= 15 is 0 Å². The van der Waals surface area contributed by atoms with E-state index in [4.69, 9.17) is 9.47 Å². The molecule has 1 amide bonds. The topological polar surface area (TPSA) is 50.8 Å². The largest absolute Gasteiger partial charge is 0.490 e. The molecule has 5 heteroatoms. The van der Waals surface area contributed by atoms with Crippen LogP contribution in [0.5, 0.6) is 17.2 Å². The fraction of sp³-hybridized carbons (Fsp3) is 0.321. The summed E-state index contributed by atoms with van der Waals surface area (Å²) < 4.78 is 12.1. The normalized spacial score (nSPS) is 22.0. The summed E-state index contributed by atoms with van der Waals surface area (Å²) in [5, 5.41) is 3.00. The van der Waals surface area contributed by atoms with Crippen molar-refractivity contribution in [2.24, 2.45) is 0 Å². The molecule has 1 N–H and O–H groups in total. The number of nitrogens with zero attached hydrogens (tertiary/aromatic N) is 1. The zero-order valence-corrected chi connectivity index (χ0v) is 18.9. The van der Waals surface area contributed by atoms with Gasteiger partial charge in [-0.3, -0.25) is 4.79 Å². The third-order valence-corrected chi connectivity index (χ3v) is 6.80. The molecule has 2 aliphatic heterocycles. The van der Waals surface area contributed by atoms with Gasteiger partial charge in [-0.05, 0) is 86.8 Å². The number of piperidine rings is 1. The first-order chi connectivity index (χ1) is 16.1. The molecule has 2 aliphatic rings. The number of nitrogens with one attached hydrogen (secondary N) is 1. The van der Waals surface area contributed by atoms with Crippen molar-refractivity contribution in [3.63, 3.8) is 0 Å². The molecule has 3 aromatic carbocycles. The minimum Gasteiger partial charge on any atom is -0.490 e. The van der Waals surface area contributed by atoms with E-state index in [9.17, 15) is 4.79 Å². The number of benzene rings is 3. The lowest BCUT2D eigenvalue weighted by molar-refractivity contribution is 0.0661. The van der Waals surface area contributed by atoms with Crippen molar-refractivity contribution in [2.45, 2.75) is 50.4 Å². The smallest absolute Gasteiger partial charge is 0.251 e. The number of amides is 1. The van der Waals surface area contributed by atoms with Crippen LogP contribution >= 0.6 is 0 Å². The van der Waals surface area contributed by atoms with Crippen LogP contribution in [-0.4, -0.2) is 36.0 Å². The van der Waals surface area contributed by atoms with Gasteiger partial charge in [0, 0.05) is 24.2 Å². The standard InChI is InChI=1S/C28H30N2O3/c1-30-22-12-13-23(30)18-27(17-22)33-26-9-5-6-20(16-26)19-29-28(31)21-10-14-25(15-11-21)32-24-7-3-2-4-8-24/h2-11,14-16,22-23,27H,12-13,17-19H2,1H3,(H,29,31)/t22-,23+,27-. The van der Waals surface area contributed by atoms with Crippen LogP contribution in [0.4, 0.5) is 0 Å². The minimum absolute atomic E-state index is 0.112. The molecule has 0 saturated carbocycles. The lowest BCUT2D eigenvalue weighted by Gasteiger charge is -2.36. The summed E-state index contributed by atoms with van der Waals surface area (Å²) in [6.07, 6.45) is 5.04. The Bertz CT molecular complexity index is 1070. The highest BCUT2D eigenvalue weighted by molar-refractivity contribution is 5.94. The van der Waals surface area contributed by atoms with E-state index in [1.54, 1.807) is 12.1 Å². The number of fused-ring (bicyclic) bond motifs is 2. The van der Waals surface area contributed by atoms with E-state index in [1.165, 1.54) is 12.8 Å². The van der Waals surface area contributed by atoms with E-state index in [-0.39, 0.29) is 12.0 Å². The monoisotopic (exact) mass is 442 g/mol. The van der Waals surface area contributed by atoms with Gasteiger partial charge in [0.05, 0.1) is 0 Å². The second-order valence-corrected chi connectivity index (χ2v) is 9.03. The zero-order valence-electron chi connectivity index (χ0n) is 18.9. The van der Waals surface area contributed by atoms with E-state index in [2.05, 4.69) is 17.3 Å². The molecule has 170 valence electrons. The summed E-state index contributed by atoms with van der Waals surface area (Å²) in [7, 11) is 2.24. The second-order valence-electron chi connectivity index (χ2n) is 9.03. The maximum absolute atomic E-state index is 12.6. The molecule has 33 heavy (non-hydrogen) atoms. The first-order valence-electron chi connectivity index (χ1n) is 11.7. The van der Waals surface area contributed by atoms with Gasteiger partial charge in [-0.15, -0.1) is 0 Å². The molecule has 5 rings (SSSR count). The molecular formula is C28H30N2O3. The van der Waals surface area contributed by atoms with Crippen molar-refractivity contribution in [1.29, 1.82) is 0 Å². The Morgan fingerprint density at radius 2 is 1.55 bits per heavy atom. The van der Waals surface area contributed by atoms with Crippen molar-refractivity contribution in [1.82, 2.24) is 10.2 Å². The highest BCUT2D eigenvalue weighted by Gasteiger charge is 2.39. The van der Waals surface area contributed by atoms with Crippen LogP contribution in [0.25, 0.3) is 0 Å². The summed E-state index contributed by atoms with van der Waals surface area (Å²) in [5.74, 6) is 2.24. The Hall–Kier alpha value is -3.31. The van der Waals surface area contributed by atoms with Crippen LogP contribution in [0.1, 0.15) is 41.6 Å². The number of hydrogen-bond acceptors (Lipinski definition) is 4. The lowest BCUT2D eigenvalue weighted by atomic mass is 10.0. The number of para-hydroxylation sites is 1. The highest BCUT2D eigenvalue weighted by atomic mass is 16.5. The van der Waals surface area contributed by atoms with Crippen LogP contribution in [0, 0.1) is 0 Å². The Morgan fingerprint density at radius 3 is 2.27 bits per heavy atom. The third kappa shape index (κ3) is 5.20. The Labute approximate surface area is 195 Å². The quantitative estimate of drug-likeness (QED) is 0.531. The van der Waals surface area contributed by atoms with Gasteiger partial charge in [0.1, 0.15) is 23.4 Å². The van der Waals surface area contributed by atoms with E-state index in [0.29, 0.717) is 29.9 Å². The molecule has 0 unspecified atom stereocenters. The van der Waals surface area contributed by atoms with Crippen molar-refractivity contribution in [3.8, 4) is 17.2 Å². The summed E-state index contributed by atoms with van der Waals surface area (Å²) in [6.45, 7) is 0.455. The van der Waals surface area contributed by atoms with Gasteiger partial charge in [-0.25, -0.2) is 0 Å². The van der Waals surface area contributed by atoms with Gasteiger partial charge in [0.15, 0.2) is 0 Å². The summed E-state index contributed by atoms with van der Waals surface area (Å²) in [5.41, 5.74) is 1.63. The van der Waals surface area contributed by atoms with Crippen molar-refractivity contribution in [2.75, 3.05) is 7.05 Å². The maximum atomic E-state index is 12.6. The summed E-state index contributed by atoms with van der Waals surface area (Å²) in [6, 6.07) is 26.1. The molecule has 2 saturated heterocycles. The van der Waals surface area contributed by atoms with Crippen molar-refractivity contribution < 1.29 is 14.3 Å². The predicted molar refractivity (Wildman–Crippen MR) is 129 cm³/mol. The van der Waals surface area contributed by atoms with Crippen LogP contribution in [0.15, 0.2) is 78.9 Å². The highest BCUT2D eigenvalue weighted by Crippen LogP contribution is 2.36. The molecule has 0 radical (unpaired) electrons. The lowest BCUT2D eigenvalue weighted by Crippen LogP contribution is -2.43. The Morgan fingerprint density at radius 1 is 0.879 bits per heavy atom. The maximum Gasteiger partial charge on any atom is 0.251 e. The van der Waals surface area contributed by atoms with E-state index in [1.807, 2.05) is 66.7 Å². The Kier molecular flexibility index (Phi) is 6.31. The number of carbonyl (C=O) groups excluding carboxylic acids is 1. The second kappa shape index (κ2) is 9.67. The van der Waals surface area contributed by atoms with Crippen LogP contribution in [0.2, 0.25) is 0 Å². The van der Waals surface area contributed by atoms with Gasteiger partial charge in [-0.1, -0.05) is 30.3 Å². The average molecular weight is 443 g/mol. The molecular weight excluding hydrogens is 412 g/mol. The van der Waals surface area contributed by atoms with Gasteiger partial charge in [0.2, 0.25) is 0 Å². The van der Waals surface area contributed by atoms with Gasteiger partial charge in [-0.2, -0.15) is 0 Å². The average Bonchev–Trinajstić information content (AvgIpc) is 3.04. The van der Waals surface area contributed by atoms with Gasteiger partial charge < -0.3 is 19.7 Å². The number of ether oxygens (including phenoxy) is 2. The third-order valence-electron chi connectivity index (χ3n) is 6.80. The molecule has 0 aromatic heterocycles. The van der Waals surface area contributed by atoms with Gasteiger partial charge in [0.25, 0.3) is 5.91 Å². The molecule has 2 fully saturated rings. The summed E-state index contributed by atoms with van der Waals surface area (Å²) >= 11 is 0. The van der Waals surface area contributed by atoms with Crippen LogP contribution < -0.4 is 14.8 Å². The molecule has 0 spiro atoms. The van der Waals surface area contributed by atoms with Crippen molar-refractivity contribution >= 4 is 5.91 Å². The summed E-state index contributed by atoms with van der Waals surface area (Å²) in [4.78, 5) is 15.1. The molecule has 0 aliphatic carbocycles. The first kappa shape index (κ1) is 21.5. The van der Waals surface area contributed by atoms with E-state index in [0.717, 1.165) is 29.9 Å². The van der Waals surface area contributed by atoms with Crippen molar-refractivity contribution in [3.05, 3.63) is 90.0 Å². The SMILES string of the molecule is CN1[C@@H]2CC[C@H]1C[C@H](Oc1cccc(CNC(=O)c3ccc(Oc4ccccc4)cc3)c1)C2. The van der Waals surface area contributed by atoms with E-state index < -0.39 is 0 Å². The molecule has 3 atom stereocenters. The van der Waals surface area contributed by atoms with Gasteiger partial charge >= 0.3 is 0 Å². The molecule has 2 bridgehead atoms. The number of carbonyl (C=O) groups is 1. The predicted octanol–water partition coefficient (Wildman–Crippen LogP) is 5.41. The molecule has 3 aromatic rings. The van der Waals surface area contributed by atoms with Crippen LogP contribution in [-0.2, 0) is 6.54 Å². The molecule has 2 heterocycles. The number of hydrogen-bond donors (Lipinski definition) is 1. The number of rotatable bonds is 7. The van der Waals surface area contributed by atoms with Crippen LogP contribution in [0.3, 0.4) is 0 Å². The Balaban J connectivity index is 1.14. The first-order valence-corrected chi connectivity index (χ1v) is 11.7. The fourth-order valence-electron chi connectivity index (χ4n) is 4.96. The minimum atomic E-state index is -0.112. The fourth-order valence-corrected chi connectivity index (χ4v) is 4.96. The zero-order chi connectivity index (χ0) is 22.6. The molecule has 5 nitrogen and oxygen atoms in total.